The third-order valence-electron chi connectivity index (χ3n) is 3.94. The molecule has 2 aromatic rings. The Morgan fingerprint density at radius 3 is 2.92 bits per heavy atom. The van der Waals surface area contributed by atoms with E-state index in [0.717, 1.165) is 12.8 Å². The monoisotopic (exact) mass is 330 g/mol. The first-order valence-electron chi connectivity index (χ1n) is 8.34. The summed E-state index contributed by atoms with van der Waals surface area (Å²) in [6.07, 6.45) is 4.07. The number of hydrogen-bond acceptors (Lipinski definition) is 6. The van der Waals surface area contributed by atoms with Crippen LogP contribution in [0, 0.1) is 0 Å². The van der Waals surface area contributed by atoms with Crippen LogP contribution in [0.25, 0.3) is 0 Å². The molecule has 1 unspecified atom stereocenters. The molecule has 1 amide bonds. The van der Waals surface area contributed by atoms with Gasteiger partial charge in [0.15, 0.2) is 5.82 Å². The molecular weight excluding hydrogens is 308 g/mol. The van der Waals surface area contributed by atoms with Crippen LogP contribution < -0.4 is 4.74 Å². The Bertz CT molecular complexity index is 696. The van der Waals surface area contributed by atoms with Gasteiger partial charge in [-0.2, -0.15) is 4.98 Å². The maximum Gasteiger partial charge on any atom is 0.256 e. The molecule has 1 fully saturated rings. The van der Waals surface area contributed by atoms with Crippen molar-refractivity contribution in [2.75, 3.05) is 6.54 Å². The van der Waals surface area contributed by atoms with Crippen molar-refractivity contribution in [1.29, 1.82) is 0 Å². The van der Waals surface area contributed by atoms with Crippen molar-refractivity contribution >= 4 is 5.91 Å². The molecule has 7 nitrogen and oxygen atoms in total. The second-order valence-corrected chi connectivity index (χ2v) is 6.11. The summed E-state index contributed by atoms with van der Waals surface area (Å²) in [6.45, 7) is 6.52. The third kappa shape index (κ3) is 3.39. The van der Waals surface area contributed by atoms with Crippen LogP contribution in [-0.2, 0) is 6.42 Å². The molecule has 0 spiro atoms. The molecule has 0 N–H and O–H groups in total. The van der Waals surface area contributed by atoms with Crippen LogP contribution in [-0.4, -0.2) is 38.6 Å². The minimum Gasteiger partial charge on any atom is -0.475 e. The first kappa shape index (κ1) is 16.4. The molecule has 0 aromatic carbocycles. The van der Waals surface area contributed by atoms with E-state index in [1.807, 2.05) is 20.8 Å². The number of aryl methyl sites for hydroxylation is 1. The van der Waals surface area contributed by atoms with Crippen molar-refractivity contribution in [1.82, 2.24) is 20.0 Å². The van der Waals surface area contributed by atoms with Crippen molar-refractivity contribution in [2.45, 2.75) is 52.2 Å². The zero-order chi connectivity index (χ0) is 17.1. The van der Waals surface area contributed by atoms with E-state index in [1.165, 1.54) is 0 Å². The number of aromatic nitrogens is 3. The van der Waals surface area contributed by atoms with Crippen molar-refractivity contribution in [3.8, 4) is 5.88 Å². The smallest absolute Gasteiger partial charge is 0.256 e. The fraction of sp³-hybridized carbons (Fsp3) is 0.529. The first-order chi connectivity index (χ1) is 11.6. The second kappa shape index (κ2) is 6.98. The Balaban J connectivity index is 1.75. The topological polar surface area (TPSA) is 81.4 Å². The van der Waals surface area contributed by atoms with Gasteiger partial charge in [0.2, 0.25) is 11.8 Å². The van der Waals surface area contributed by atoms with Gasteiger partial charge in [0.05, 0.1) is 17.7 Å². The molecule has 2 aromatic heterocycles. The second-order valence-electron chi connectivity index (χ2n) is 6.11. The largest absolute Gasteiger partial charge is 0.475 e. The number of ether oxygens (including phenoxy) is 1. The summed E-state index contributed by atoms with van der Waals surface area (Å²) in [6, 6.07) is 3.34. The van der Waals surface area contributed by atoms with E-state index in [2.05, 4.69) is 15.1 Å². The van der Waals surface area contributed by atoms with Gasteiger partial charge in [-0.25, -0.2) is 4.98 Å². The average Bonchev–Trinajstić information content (AvgIpc) is 3.23. The Labute approximate surface area is 141 Å². The molecule has 1 atom stereocenters. The van der Waals surface area contributed by atoms with E-state index >= 15 is 0 Å². The minimum absolute atomic E-state index is 0.0491. The Kier molecular flexibility index (Phi) is 4.78. The highest BCUT2D eigenvalue weighted by atomic mass is 16.5. The maximum absolute atomic E-state index is 12.8. The summed E-state index contributed by atoms with van der Waals surface area (Å²) < 4.78 is 10.7. The van der Waals surface area contributed by atoms with Crippen LogP contribution in [0.2, 0.25) is 0 Å². The number of likely N-dealkylation sites (tertiary alicyclic amines) is 1. The van der Waals surface area contributed by atoms with E-state index in [9.17, 15) is 4.79 Å². The zero-order valence-corrected chi connectivity index (χ0v) is 14.2. The van der Waals surface area contributed by atoms with Crippen LogP contribution in [0.3, 0.4) is 0 Å². The van der Waals surface area contributed by atoms with Gasteiger partial charge in [-0.15, -0.1) is 0 Å². The number of carbonyl (C=O) groups excluding carboxylic acids is 1. The van der Waals surface area contributed by atoms with Gasteiger partial charge in [-0.1, -0.05) is 12.1 Å². The van der Waals surface area contributed by atoms with Gasteiger partial charge < -0.3 is 14.2 Å². The van der Waals surface area contributed by atoms with Gasteiger partial charge >= 0.3 is 0 Å². The fourth-order valence-corrected chi connectivity index (χ4v) is 2.81. The number of nitrogens with zero attached hydrogens (tertiary/aromatic N) is 4. The summed E-state index contributed by atoms with van der Waals surface area (Å²) in [5.74, 6) is 1.64. The molecular formula is C17H22N4O3. The van der Waals surface area contributed by atoms with Crippen molar-refractivity contribution in [3.05, 3.63) is 35.6 Å². The van der Waals surface area contributed by atoms with Gasteiger partial charge in [0, 0.05) is 25.2 Å². The molecule has 1 saturated heterocycles. The molecule has 7 heteroatoms. The average molecular weight is 330 g/mol. The molecule has 3 heterocycles. The number of amides is 1. The summed E-state index contributed by atoms with van der Waals surface area (Å²) in [5.41, 5.74) is 0.539. The molecule has 0 radical (unpaired) electrons. The highest BCUT2D eigenvalue weighted by molar-refractivity contribution is 5.94. The lowest BCUT2D eigenvalue weighted by Gasteiger charge is -2.22. The summed E-state index contributed by atoms with van der Waals surface area (Å²) in [4.78, 5) is 23.2. The summed E-state index contributed by atoms with van der Waals surface area (Å²) in [7, 11) is 0. The van der Waals surface area contributed by atoms with Crippen molar-refractivity contribution in [2.24, 2.45) is 0 Å². The van der Waals surface area contributed by atoms with Gasteiger partial charge in [-0.3, -0.25) is 4.79 Å². The van der Waals surface area contributed by atoms with E-state index < -0.39 is 0 Å². The number of pyridine rings is 1. The molecule has 0 bridgehead atoms. The van der Waals surface area contributed by atoms with Crippen LogP contribution >= 0.6 is 0 Å². The van der Waals surface area contributed by atoms with Gasteiger partial charge in [0.25, 0.3) is 5.91 Å². The van der Waals surface area contributed by atoms with Crippen LogP contribution in [0.1, 0.15) is 61.7 Å². The predicted octanol–water partition coefficient (Wildman–Crippen LogP) is 2.79. The molecule has 0 saturated carbocycles. The minimum atomic E-state index is -0.131. The molecule has 1 aliphatic rings. The molecule has 0 aliphatic carbocycles. The van der Waals surface area contributed by atoms with E-state index in [4.69, 9.17) is 9.26 Å². The summed E-state index contributed by atoms with van der Waals surface area (Å²) in [5, 5.41) is 4.03. The lowest BCUT2D eigenvalue weighted by Crippen LogP contribution is -2.31. The van der Waals surface area contributed by atoms with Crippen molar-refractivity contribution in [3.63, 3.8) is 0 Å². The van der Waals surface area contributed by atoms with E-state index in [1.54, 1.807) is 23.2 Å². The highest BCUT2D eigenvalue weighted by Crippen LogP contribution is 2.31. The molecule has 1 aliphatic heterocycles. The van der Waals surface area contributed by atoms with Crippen LogP contribution in [0.5, 0.6) is 5.88 Å². The van der Waals surface area contributed by atoms with Crippen molar-refractivity contribution < 1.29 is 14.1 Å². The van der Waals surface area contributed by atoms with E-state index in [0.29, 0.717) is 36.1 Å². The Hall–Kier alpha value is -2.44. The van der Waals surface area contributed by atoms with Gasteiger partial charge in [-0.05, 0) is 32.8 Å². The predicted molar refractivity (Wildman–Crippen MR) is 86.7 cm³/mol. The lowest BCUT2D eigenvalue weighted by atomic mass is 10.2. The number of carbonyl (C=O) groups is 1. The normalized spacial score (nSPS) is 17.5. The van der Waals surface area contributed by atoms with E-state index in [-0.39, 0.29) is 18.1 Å². The Morgan fingerprint density at radius 2 is 2.29 bits per heavy atom. The molecule has 3 rings (SSSR count). The zero-order valence-electron chi connectivity index (χ0n) is 14.2. The third-order valence-corrected chi connectivity index (χ3v) is 3.94. The lowest BCUT2D eigenvalue weighted by molar-refractivity contribution is 0.0727. The molecule has 24 heavy (non-hydrogen) atoms. The van der Waals surface area contributed by atoms with Gasteiger partial charge in [0.1, 0.15) is 0 Å². The molecule has 128 valence electrons. The SMILES string of the molecule is CCc1nc(C2CCCN2C(=O)c2ccc(OC(C)C)nc2)no1. The fourth-order valence-electron chi connectivity index (χ4n) is 2.81. The quantitative estimate of drug-likeness (QED) is 0.838. The number of rotatable bonds is 5. The maximum atomic E-state index is 12.8. The number of hydrogen-bond donors (Lipinski definition) is 0. The van der Waals surface area contributed by atoms with Crippen LogP contribution in [0.15, 0.2) is 22.9 Å². The first-order valence-corrected chi connectivity index (χ1v) is 8.34. The standard InChI is InChI=1S/C17H22N4O3/c1-4-14-19-16(20-24-14)13-6-5-9-21(13)17(22)12-7-8-15(18-10-12)23-11(2)3/h7-8,10-11,13H,4-6,9H2,1-3H3. The Morgan fingerprint density at radius 1 is 1.46 bits per heavy atom. The highest BCUT2D eigenvalue weighted by Gasteiger charge is 2.34. The van der Waals surface area contributed by atoms with Crippen LogP contribution in [0.4, 0.5) is 0 Å². The summed E-state index contributed by atoms with van der Waals surface area (Å²) >= 11 is 0.